The third kappa shape index (κ3) is 3.86. The minimum atomic E-state index is -4.33. The van der Waals surface area contributed by atoms with Crippen molar-refractivity contribution in [2.24, 2.45) is 4.99 Å². The van der Waals surface area contributed by atoms with Crippen molar-refractivity contribution in [1.29, 1.82) is 0 Å². The number of nitrogens with zero attached hydrogens (tertiary/aromatic N) is 3. The van der Waals surface area contributed by atoms with E-state index in [1.165, 1.54) is 0 Å². The molecule has 152 valence electrons. The lowest BCUT2D eigenvalue weighted by atomic mass is 10.1. The highest BCUT2D eigenvalue weighted by Crippen LogP contribution is 2.46. The fourth-order valence-corrected chi connectivity index (χ4v) is 4.57. The van der Waals surface area contributed by atoms with Crippen LogP contribution in [-0.4, -0.2) is 49.1 Å². The predicted molar refractivity (Wildman–Crippen MR) is 114 cm³/mol. The Morgan fingerprint density at radius 3 is 2.28 bits per heavy atom. The topological polar surface area (TPSA) is 82.4 Å². The summed E-state index contributed by atoms with van der Waals surface area (Å²) >= 11 is 0. The van der Waals surface area contributed by atoms with Gasteiger partial charge in [0.2, 0.25) is 0 Å². The molecule has 0 saturated carbocycles. The molecule has 0 radical (unpaired) electrons. The molecule has 0 aliphatic carbocycles. The average Bonchev–Trinajstić information content (AvgIpc) is 2.69. The number of hydrogen-bond acceptors (Lipinski definition) is 6. The van der Waals surface area contributed by atoms with Crippen molar-refractivity contribution >= 4 is 27.3 Å². The van der Waals surface area contributed by atoms with Crippen LogP contribution in [0.4, 0.5) is 11.4 Å². The fraction of sp³-hybridized carbons (Fsp3) is 0.286. The van der Waals surface area contributed by atoms with Crippen LogP contribution in [0.5, 0.6) is 11.5 Å². The molecule has 0 bridgehead atoms. The summed E-state index contributed by atoms with van der Waals surface area (Å²) in [5, 5.41) is -1.11. The molecule has 2 aromatic carbocycles. The Morgan fingerprint density at radius 1 is 1.10 bits per heavy atom. The molecular formula is C21H23N3O4S. The SMILES string of the molecule is CC1=CCN(C)C(C(CCN2c3ccccc3Oc3ccccc32)S(=O)(=O)O)=N1. The summed E-state index contributed by atoms with van der Waals surface area (Å²) in [6.45, 7) is 2.75. The lowest BCUT2D eigenvalue weighted by Gasteiger charge is -2.34. The maximum absolute atomic E-state index is 12.2. The van der Waals surface area contributed by atoms with Gasteiger partial charge in [-0.25, -0.2) is 4.99 Å². The van der Waals surface area contributed by atoms with E-state index < -0.39 is 15.4 Å². The molecule has 2 aliphatic rings. The predicted octanol–water partition coefficient (Wildman–Crippen LogP) is 3.82. The minimum absolute atomic E-state index is 0.179. The van der Waals surface area contributed by atoms with E-state index in [-0.39, 0.29) is 6.42 Å². The van der Waals surface area contributed by atoms with Crippen molar-refractivity contribution in [3.8, 4) is 11.5 Å². The lowest BCUT2D eigenvalue weighted by molar-refractivity contribution is 0.460. The molecule has 1 unspecified atom stereocenters. The monoisotopic (exact) mass is 413 g/mol. The zero-order valence-electron chi connectivity index (χ0n) is 16.3. The molecular weight excluding hydrogens is 390 g/mol. The van der Waals surface area contributed by atoms with Gasteiger partial charge in [0.25, 0.3) is 10.1 Å². The molecule has 29 heavy (non-hydrogen) atoms. The van der Waals surface area contributed by atoms with Crippen LogP contribution in [0.2, 0.25) is 0 Å². The average molecular weight is 413 g/mol. The first kappa shape index (κ1) is 19.5. The van der Waals surface area contributed by atoms with Crippen LogP contribution in [0.1, 0.15) is 13.3 Å². The van der Waals surface area contributed by atoms with Gasteiger partial charge in [-0.05, 0) is 43.7 Å². The highest BCUT2D eigenvalue weighted by atomic mass is 32.2. The molecule has 0 spiro atoms. The standard InChI is InChI=1S/C21H23N3O4S/c1-15-11-13-23(2)21(22-15)20(29(25,26)27)12-14-24-16-7-3-5-9-18(16)28-19-10-6-4-8-17(19)24/h3-11,20H,12-14H2,1-2H3,(H,25,26,27). The number of para-hydroxylation sites is 4. The summed E-state index contributed by atoms with van der Waals surface area (Å²) in [5.74, 6) is 1.78. The van der Waals surface area contributed by atoms with Gasteiger partial charge in [0, 0.05) is 25.8 Å². The maximum atomic E-state index is 12.2. The molecule has 7 nitrogen and oxygen atoms in total. The summed E-state index contributed by atoms with van der Waals surface area (Å²) in [4.78, 5) is 8.19. The minimum Gasteiger partial charge on any atom is -0.453 e. The Labute approximate surface area is 170 Å². The summed E-state index contributed by atoms with van der Waals surface area (Å²) in [5.41, 5.74) is 2.46. The number of fused-ring (bicyclic) bond motifs is 2. The van der Waals surface area contributed by atoms with Crippen LogP contribution < -0.4 is 9.64 Å². The molecule has 0 saturated heterocycles. The van der Waals surface area contributed by atoms with E-state index >= 15 is 0 Å². The van der Waals surface area contributed by atoms with Crippen LogP contribution in [0, 0.1) is 0 Å². The Morgan fingerprint density at radius 2 is 1.69 bits per heavy atom. The van der Waals surface area contributed by atoms with E-state index in [0.717, 1.165) is 17.1 Å². The summed E-state index contributed by atoms with van der Waals surface area (Å²) in [7, 11) is -2.56. The number of hydrogen-bond donors (Lipinski definition) is 1. The number of benzene rings is 2. The number of rotatable bonds is 5. The van der Waals surface area contributed by atoms with Crippen LogP contribution in [-0.2, 0) is 10.1 Å². The van der Waals surface area contributed by atoms with Crippen molar-refractivity contribution in [1.82, 2.24) is 4.90 Å². The van der Waals surface area contributed by atoms with Gasteiger partial charge in [-0.3, -0.25) is 4.55 Å². The zero-order valence-corrected chi connectivity index (χ0v) is 17.1. The zero-order chi connectivity index (χ0) is 20.6. The maximum Gasteiger partial charge on any atom is 0.275 e. The van der Waals surface area contributed by atoms with E-state index in [0.29, 0.717) is 30.4 Å². The highest BCUT2D eigenvalue weighted by molar-refractivity contribution is 7.87. The molecule has 0 aromatic heterocycles. The number of amidine groups is 1. The van der Waals surface area contributed by atoms with Gasteiger partial charge in [-0.2, -0.15) is 8.42 Å². The third-order valence-corrected chi connectivity index (χ3v) is 6.30. The number of likely N-dealkylation sites (N-methyl/N-ethyl adjacent to an activating group) is 1. The van der Waals surface area contributed by atoms with E-state index in [1.807, 2.05) is 66.4 Å². The van der Waals surface area contributed by atoms with Crippen molar-refractivity contribution < 1.29 is 17.7 Å². The van der Waals surface area contributed by atoms with Gasteiger partial charge in [0.1, 0.15) is 11.1 Å². The van der Waals surface area contributed by atoms with E-state index in [2.05, 4.69) is 4.99 Å². The second-order valence-corrected chi connectivity index (χ2v) is 8.78. The number of allylic oxidation sites excluding steroid dienone is 1. The molecule has 2 aliphatic heterocycles. The first-order valence-corrected chi connectivity index (χ1v) is 10.9. The van der Waals surface area contributed by atoms with Gasteiger partial charge >= 0.3 is 0 Å². The van der Waals surface area contributed by atoms with Gasteiger partial charge < -0.3 is 14.5 Å². The molecule has 0 amide bonds. The van der Waals surface area contributed by atoms with Crippen molar-refractivity contribution in [3.05, 3.63) is 60.3 Å². The highest BCUT2D eigenvalue weighted by Gasteiger charge is 2.34. The Kier molecular flexibility index (Phi) is 5.06. The van der Waals surface area contributed by atoms with Crippen molar-refractivity contribution in [2.45, 2.75) is 18.6 Å². The number of aliphatic imine (C=N–C) groups is 1. The number of ether oxygens (including phenoxy) is 1. The summed E-state index contributed by atoms with van der Waals surface area (Å²) in [6, 6.07) is 15.2. The number of anilines is 2. The van der Waals surface area contributed by atoms with Gasteiger partial charge in [-0.15, -0.1) is 0 Å². The molecule has 1 N–H and O–H groups in total. The van der Waals surface area contributed by atoms with Gasteiger partial charge in [-0.1, -0.05) is 24.3 Å². The normalized spacial score (nSPS) is 16.9. The first-order valence-electron chi connectivity index (χ1n) is 9.41. The van der Waals surface area contributed by atoms with E-state index in [9.17, 15) is 13.0 Å². The summed E-state index contributed by atoms with van der Waals surface area (Å²) in [6.07, 6.45) is 2.09. The lowest BCUT2D eigenvalue weighted by Crippen LogP contribution is -2.44. The fourth-order valence-electron chi connectivity index (χ4n) is 3.67. The van der Waals surface area contributed by atoms with Gasteiger partial charge in [0.05, 0.1) is 11.4 Å². The summed E-state index contributed by atoms with van der Waals surface area (Å²) < 4.78 is 40.4. The molecule has 2 aromatic rings. The van der Waals surface area contributed by atoms with Gasteiger partial charge in [0.15, 0.2) is 11.5 Å². The molecule has 8 heteroatoms. The van der Waals surface area contributed by atoms with E-state index in [4.69, 9.17) is 4.74 Å². The third-order valence-electron chi connectivity index (χ3n) is 5.14. The smallest absolute Gasteiger partial charge is 0.275 e. The quantitative estimate of drug-likeness (QED) is 0.751. The van der Waals surface area contributed by atoms with E-state index in [1.54, 1.807) is 11.9 Å². The second-order valence-electron chi connectivity index (χ2n) is 7.18. The Hall–Kier alpha value is -2.84. The molecule has 1 atom stereocenters. The van der Waals surface area contributed by atoms with Crippen molar-refractivity contribution in [2.75, 3.05) is 25.0 Å². The van der Waals surface area contributed by atoms with Crippen molar-refractivity contribution in [3.63, 3.8) is 0 Å². The largest absolute Gasteiger partial charge is 0.453 e. The Bertz CT molecular complexity index is 1050. The van der Waals surface area contributed by atoms with Crippen LogP contribution in [0.3, 0.4) is 0 Å². The Balaban J connectivity index is 1.68. The first-order chi connectivity index (χ1) is 13.8. The van der Waals surface area contributed by atoms with Crippen LogP contribution >= 0.6 is 0 Å². The molecule has 4 rings (SSSR count). The van der Waals surface area contributed by atoms with Crippen LogP contribution in [0.15, 0.2) is 65.3 Å². The molecule has 2 heterocycles. The molecule has 0 fully saturated rings. The second kappa shape index (κ2) is 7.53. The van der Waals surface area contributed by atoms with Crippen LogP contribution in [0.25, 0.3) is 0 Å².